The lowest BCUT2D eigenvalue weighted by atomic mass is 9.96. The maximum Gasteiger partial charge on any atom is 0.343 e. The lowest BCUT2D eigenvalue weighted by Gasteiger charge is -2.10. The van der Waals surface area contributed by atoms with Crippen molar-refractivity contribution in [2.45, 2.75) is 91.9 Å². The highest BCUT2D eigenvalue weighted by Gasteiger charge is 2.12. The quantitative estimate of drug-likeness (QED) is 0.0671. The zero-order chi connectivity index (χ0) is 32.7. The van der Waals surface area contributed by atoms with E-state index in [1.165, 1.54) is 62.5 Å². The first-order chi connectivity index (χ1) is 22.4. The van der Waals surface area contributed by atoms with Crippen molar-refractivity contribution in [1.29, 1.82) is 0 Å². The van der Waals surface area contributed by atoms with Crippen LogP contribution in [0.2, 0.25) is 0 Å². The lowest BCUT2D eigenvalue weighted by molar-refractivity contribution is 0.0447. The number of hydrogen-bond donors (Lipinski definition) is 0. The van der Waals surface area contributed by atoms with Crippen LogP contribution in [0, 0.1) is 12.8 Å². The smallest absolute Gasteiger partial charge is 0.343 e. The van der Waals surface area contributed by atoms with Crippen LogP contribution in [0.4, 0.5) is 0 Å². The first-order valence-corrected chi connectivity index (χ1v) is 17.2. The van der Waals surface area contributed by atoms with Gasteiger partial charge < -0.3 is 9.47 Å². The average Bonchev–Trinajstić information content (AvgIpc) is 3.09. The highest BCUT2D eigenvalue weighted by molar-refractivity contribution is 5.92. The number of unbranched alkanes of at least 4 members (excludes halogenated alkanes) is 7. The van der Waals surface area contributed by atoms with Gasteiger partial charge in [-0.25, -0.2) is 9.59 Å². The van der Waals surface area contributed by atoms with Crippen LogP contribution in [0.15, 0.2) is 91.0 Å². The highest BCUT2D eigenvalue weighted by atomic mass is 16.5. The number of hydrogen-bond acceptors (Lipinski definition) is 4. The highest BCUT2D eigenvalue weighted by Crippen LogP contribution is 2.26. The van der Waals surface area contributed by atoms with Gasteiger partial charge in [0, 0.05) is 0 Å². The summed E-state index contributed by atoms with van der Waals surface area (Å²) in [6, 6.07) is 29.0. The number of carbonyl (C=O) groups excluding carboxylic acids is 2. The van der Waals surface area contributed by atoms with Gasteiger partial charge in [0.05, 0.1) is 17.7 Å². The molecule has 0 N–H and O–H groups in total. The van der Waals surface area contributed by atoms with Crippen LogP contribution in [0.3, 0.4) is 0 Å². The normalized spacial score (nSPS) is 11.7. The van der Waals surface area contributed by atoms with Gasteiger partial charge in [0.2, 0.25) is 0 Å². The molecule has 0 spiro atoms. The lowest BCUT2D eigenvalue weighted by Crippen LogP contribution is -2.11. The van der Waals surface area contributed by atoms with E-state index >= 15 is 0 Å². The molecule has 0 aliphatic rings. The van der Waals surface area contributed by atoms with E-state index in [1.54, 1.807) is 24.3 Å². The fourth-order valence-corrected chi connectivity index (χ4v) is 5.50. The van der Waals surface area contributed by atoms with Crippen molar-refractivity contribution in [3.05, 3.63) is 113 Å². The minimum absolute atomic E-state index is 0.306. The van der Waals surface area contributed by atoms with E-state index in [1.807, 2.05) is 48.5 Å². The SMILES string of the molecule is CCCCCCCCCCc1ccc(-c2ccc(C(=O)Oc3ccc(-c4ccc(C(=O)OCC(C)CC)cc4)cc3)cc2)cc1C. The van der Waals surface area contributed by atoms with Gasteiger partial charge in [-0.1, -0.05) is 127 Å². The Labute approximate surface area is 276 Å². The van der Waals surface area contributed by atoms with Gasteiger partial charge in [-0.05, 0) is 95.5 Å². The molecule has 0 fully saturated rings. The van der Waals surface area contributed by atoms with Gasteiger partial charge in [-0.2, -0.15) is 0 Å². The number of rotatable bonds is 17. The predicted molar refractivity (Wildman–Crippen MR) is 190 cm³/mol. The van der Waals surface area contributed by atoms with Crippen LogP contribution >= 0.6 is 0 Å². The summed E-state index contributed by atoms with van der Waals surface area (Å²) in [4.78, 5) is 25.2. The molecule has 1 unspecified atom stereocenters. The van der Waals surface area contributed by atoms with Crippen molar-refractivity contribution >= 4 is 11.9 Å². The minimum Gasteiger partial charge on any atom is -0.462 e. The largest absolute Gasteiger partial charge is 0.462 e. The third-order valence-electron chi connectivity index (χ3n) is 8.81. The molecule has 4 heteroatoms. The molecule has 0 amide bonds. The molecule has 4 aromatic rings. The molecule has 4 rings (SSSR count). The number of ether oxygens (including phenoxy) is 2. The summed E-state index contributed by atoms with van der Waals surface area (Å²) in [7, 11) is 0. The summed E-state index contributed by atoms with van der Waals surface area (Å²) >= 11 is 0. The first-order valence-electron chi connectivity index (χ1n) is 17.2. The summed E-state index contributed by atoms with van der Waals surface area (Å²) in [6.07, 6.45) is 12.8. The summed E-state index contributed by atoms with van der Waals surface area (Å²) in [5.74, 6) is 0.123. The van der Waals surface area contributed by atoms with E-state index in [4.69, 9.17) is 9.47 Å². The van der Waals surface area contributed by atoms with Crippen molar-refractivity contribution in [1.82, 2.24) is 0 Å². The predicted octanol–water partition coefficient (Wildman–Crippen LogP) is 11.4. The molecule has 4 aromatic carbocycles. The number of aryl methyl sites for hydroxylation is 2. The molecule has 4 nitrogen and oxygen atoms in total. The van der Waals surface area contributed by atoms with Crippen molar-refractivity contribution in [2.24, 2.45) is 5.92 Å². The van der Waals surface area contributed by atoms with Crippen LogP contribution in [-0.4, -0.2) is 18.5 Å². The molecule has 0 radical (unpaired) electrons. The Morgan fingerprint density at radius 3 is 1.67 bits per heavy atom. The third kappa shape index (κ3) is 10.4. The van der Waals surface area contributed by atoms with Crippen LogP contribution in [0.1, 0.15) is 110 Å². The van der Waals surface area contributed by atoms with Crippen LogP contribution in [-0.2, 0) is 11.2 Å². The van der Waals surface area contributed by atoms with Crippen molar-refractivity contribution in [3.8, 4) is 28.0 Å². The van der Waals surface area contributed by atoms with Gasteiger partial charge in [-0.15, -0.1) is 0 Å². The van der Waals surface area contributed by atoms with Crippen LogP contribution < -0.4 is 4.74 Å². The number of benzene rings is 4. The molecule has 0 heterocycles. The molecule has 46 heavy (non-hydrogen) atoms. The van der Waals surface area contributed by atoms with E-state index in [9.17, 15) is 9.59 Å². The van der Waals surface area contributed by atoms with Crippen molar-refractivity contribution in [3.63, 3.8) is 0 Å². The molecule has 0 saturated heterocycles. The maximum absolute atomic E-state index is 12.9. The number of carbonyl (C=O) groups is 2. The van der Waals surface area contributed by atoms with Crippen LogP contribution in [0.25, 0.3) is 22.3 Å². The second-order valence-corrected chi connectivity index (χ2v) is 12.5. The Hall–Kier alpha value is -4.18. The van der Waals surface area contributed by atoms with Crippen LogP contribution in [0.5, 0.6) is 5.75 Å². The molecule has 0 saturated carbocycles. The Bertz CT molecular complexity index is 1520. The molecular weight excluding hydrogens is 568 g/mol. The first kappa shape index (κ1) is 34.7. The molecule has 242 valence electrons. The minimum atomic E-state index is -0.392. The number of esters is 2. The summed E-state index contributed by atoms with van der Waals surface area (Å²) < 4.78 is 11.1. The van der Waals surface area contributed by atoms with E-state index in [0.29, 0.717) is 29.4 Å². The molecule has 0 aliphatic heterocycles. The molecule has 0 aliphatic carbocycles. The summed E-state index contributed by atoms with van der Waals surface area (Å²) in [5.41, 5.74) is 7.95. The van der Waals surface area contributed by atoms with E-state index < -0.39 is 5.97 Å². The van der Waals surface area contributed by atoms with Gasteiger partial charge in [0.15, 0.2) is 0 Å². The van der Waals surface area contributed by atoms with E-state index in [0.717, 1.165) is 35.1 Å². The summed E-state index contributed by atoms with van der Waals surface area (Å²) in [5, 5.41) is 0. The van der Waals surface area contributed by atoms with Gasteiger partial charge in [0.1, 0.15) is 5.75 Å². The Morgan fingerprint density at radius 2 is 1.11 bits per heavy atom. The van der Waals surface area contributed by atoms with Gasteiger partial charge in [-0.3, -0.25) is 0 Å². The topological polar surface area (TPSA) is 52.6 Å². The van der Waals surface area contributed by atoms with E-state index in [-0.39, 0.29) is 5.97 Å². The fraction of sp³-hybridized carbons (Fsp3) is 0.381. The monoisotopic (exact) mass is 618 g/mol. The zero-order valence-electron chi connectivity index (χ0n) is 28.1. The second kappa shape index (κ2) is 18.1. The second-order valence-electron chi connectivity index (χ2n) is 12.5. The standard InChI is InChI=1S/C42H50O4/c1-5-7-8-9-10-11-12-13-14-33-15-24-39(29-32(33)4)36-18-22-38(23-19-36)42(44)46-40-27-25-35(26-28-40)34-16-20-37(21-17-34)41(43)45-30-31(3)6-2/h15-29,31H,5-14,30H2,1-4H3. The van der Waals surface area contributed by atoms with Gasteiger partial charge >= 0.3 is 11.9 Å². The van der Waals surface area contributed by atoms with Gasteiger partial charge in [0.25, 0.3) is 0 Å². The Balaban J connectivity index is 1.26. The third-order valence-corrected chi connectivity index (χ3v) is 8.81. The zero-order valence-corrected chi connectivity index (χ0v) is 28.1. The summed E-state index contributed by atoms with van der Waals surface area (Å²) in [6.45, 7) is 9.03. The Morgan fingerprint density at radius 1 is 0.609 bits per heavy atom. The Kier molecular flexibility index (Phi) is 13.6. The molecule has 0 bridgehead atoms. The molecular formula is C42H50O4. The van der Waals surface area contributed by atoms with E-state index in [2.05, 4.69) is 45.9 Å². The van der Waals surface area contributed by atoms with Crippen molar-refractivity contribution < 1.29 is 19.1 Å². The molecule has 0 aromatic heterocycles. The average molecular weight is 619 g/mol. The van der Waals surface area contributed by atoms with Crippen molar-refractivity contribution in [2.75, 3.05) is 6.61 Å². The molecule has 1 atom stereocenters. The fourth-order valence-electron chi connectivity index (χ4n) is 5.50. The maximum atomic E-state index is 12.9.